The van der Waals surface area contributed by atoms with Crippen LogP contribution in [-0.4, -0.2) is 27.0 Å². The number of anilines is 1. The number of rotatable bonds is 5. The summed E-state index contributed by atoms with van der Waals surface area (Å²) in [6, 6.07) is 1.83. The maximum Gasteiger partial charge on any atom is 0.263 e. The summed E-state index contributed by atoms with van der Waals surface area (Å²) in [4.78, 5) is 20.8. The minimum Gasteiger partial charge on any atom is -0.397 e. The van der Waals surface area contributed by atoms with E-state index >= 15 is 0 Å². The first-order chi connectivity index (χ1) is 10.3. The quantitative estimate of drug-likeness (QED) is 0.705. The van der Waals surface area contributed by atoms with Crippen molar-refractivity contribution in [1.29, 1.82) is 0 Å². The Morgan fingerprint density at radius 3 is 3.05 bits per heavy atom. The SMILES string of the molecule is Nc1c(C(=O)NCCCn2ccnc2)sc2cnccc12. The number of nitrogens with one attached hydrogen (secondary N) is 1. The number of pyridine rings is 1. The van der Waals surface area contributed by atoms with Crippen LogP contribution < -0.4 is 11.1 Å². The average molecular weight is 301 g/mol. The zero-order valence-corrected chi connectivity index (χ0v) is 12.1. The third kappa shape index (κ3) is 2.87. The summed E-state index contributed by atoms with van der Waals surface area (Å²) < 4.78 is 2.91. The van der Waals surface area contributed by atoms with Crippen molar-refractivity contribution >= 4 is 33.0 Å². The number of aromatic nitrogens is 3. The van der Waals surface area contributed by atoms with Crippen molar-refractivity contribution in [3.8, 4) is 0 Å². The van der Waals surface area contributed by atoms with E-state index in [1.54, 1.807) is 24.9 Å². The van der Waals surface area contributed by atoms with E-state index in [1.165, 1.54) is 11.3 Å². The van der Waals surface area contributed by atoms with Crippen molar-refractivity contribution in [2.75, 3.05) is 12.3 Å². The van der Waals surface area contributed by atoms with Crippen LogP contribution >= 0.6 is 11.3 Å². The lowest BCUT2D eigenvalue weighted by Crippen LogP contribution is -2.25. The van der Waals surface area contributed by atoms with Crippen molar-refractivity contribution in [3.05, 3.63) is 42.1 Å². The van der Waals surface area contributed by atoms with Gasteiger partial charge in [0.05, 0.1) is 16.7 Å². The second-order valence-corrected chi connectivity index (χ2v) is 5.68. The molecule has 21 heavy (non-hydrogen) atoms. The molecule has 3 heterocycles. The Balaban J connectivity index is 1.60. The van der Waals surface area contributed by atoms with E-state index in [9.17, 15) is 4.79 Å². The topological polar surface area (TPSA) is 85.8 Å². The zero-order valence-electron chi connectivity index (χ0n) is 11.3. The van der Waals surface area contributed by atoms with Gasteiger partial charge in [-0.2, -0.15) is 0 Å². The van der Waals surface area contributed by atoms with Crippen LogP contribution in [0.4, 0.5) is 5.69 Å². The second kappa shape index (κ2) is 5.92. The molecule has 0 radical (unpaired) electrons. The van der Waals surface area contributed by atoms with Crippen LogP contribution in [0.25, 0.3) is 10.1 Å². The van der Waals surface area contributed by atoms with E-state index < -0.39 is 0 Å². The molecule has 0 saturated heterocycles. The van der Waals surface area contributed by atoms with E-state index in [0.29, 0.717) is 17.1 Å². The second-order valence-electron chi connectivity index (χ2n) is 4.63. The number of carbonyl (C=O) groups is 1. The third-order valence-corrected chi connectivity index (χ3v) is 4.33. The number of amides is 1. The normalized spacial score (nSPS) is 10.9. The van der Waals surface area contributed by atoms with Crippen molar-refractivity contribution in [3.63, 3.8) is 0 Å². The highest BCUT2D eigenvalue weighted by molar-refractivity contribution is 7.21. The Labute approximate surface area is 125 Å². The van der Waals surface area contributed by atoms with Crippen LogP contribution in [0.3, 0.4) is 0 Å². The molecular formula is C14H15N5OS. The summed E-state index contributed by atoms with van der Waals surface area (Å²) in [6.45, 7) is 1.43. The summed E-state index contributed by atoms with van der Waals surface area (Å²) in [5.74, 6) is -0.126. The lowest BCUT2D eigenvalue weighted by atomic mass is 10.2. The number of thiophene rings is 1. The number of nitrogens with zero attached hydrogens (tertiary/aromatic N) is 3. The molecule has 1 amide bonds. The maximum absolute atomic E-state index is 12.2. The highest BCUT2D eigenvalue weighted by Gasteiger charge is 2.15. The van der Waals surface area contributed by atoms with Gasteiger partial charge in [-0.15, -0.1) is 11.3 Å². The Hall–Kier alpha value is -2.41. The van der Waals surface area contributed by atoms with Crippen LogP contribution in [0.5, 0.6) is 0 Å². The molecule has 3 aromatic rings. The van der Waals surface area contributed by atoms with Gasteiger partial charge in [-0.05, 0) is 12.5 Å². The van der Waals surface area contributed by atoms with Gasteiger partial charge in [-0.25, -0.2) is 4.98 Å². The predicted octanol–water partition coefficient (Wildman–Crippen LogP) is 1.90. The van der Waals surface area contributed by atoms with Crippen molar-refractivity contribution in [2.24, 2.45) is 0 Å². The molecular weight excluding hydrogens is 286 g/mol. The molecule has 0 aromatic carbocycles. The molecule has 0 bridgehead atoms. The van der Waals surface area contributed by atoms with Crippen molar-refractivity contribution < 1.29 is 4.79 Å². The number of aryl methyl sites for hydroxylation is 1. The van der Waals surface area contributed by atoms with Gasteiger partial charge in [0.2, 0.25) is 0 Å². The number of hydrogen-bond donors (Lipinski definition) is 2. The lowest BCUT2D eigenvalue weighted by Gasteiger charge is -2.05. The minimum absolute atomic E-state index is 0.126. The molecule has 108 valence electrons. The summed E-state index contributed by atoms with van der Waals surface area (Å²) in [5, 5.41) is 3.79. The molecule has 7 heteroatoms. The maximum atomic E-state index is 12.2. The Kier molecular flexibility index (Phi) is 3.83. The molecule has 3 rings (SSSR count). The first-order valence-corrected chi connectivity index (χ1v) is 7.43. The standard InChI is InChI=1S/C14H15N5OS/c15-12-10-2-4-16-8-11(10)21-13(12)14(20)18-3-1-6-19-7-5-17-9-19/h2,4-5,7-9H,1,3,6,15H2,(H,18,20). The fraction of sp³-hybridized carbons (Fsp3) is 0.214. The summed E-state index contributed by atoms with van der Waals surface area (Å²) >= 11 is 1.37. The highest BCUT2D eigenvalue weighted by atomic mass is 32.1. The molecule has 3 aromatic heterocycles. The van der Waals surface area contributed by atoms with Crippen molar-refractivity contribution in [1.82, 2.24) is 19.9 Å². The smallest absolute Gasteiger partial charge is 0.263 e. The minimum atomic E-state index is -0.126. The Morgan fingerprint density at radius 2 is 2.29 bits per heavy atom. The fourth-order valence-electron chi connectivity index (χ4n) is 2.10. The molecule has 3 N–H and O–H groups in total. The van der Waals surface area contributed by atoms with Gasteiger partial charge in [-0.3, -0.25) is 9.78 Å². The van der Waals surface area contributed by atoms with Crippen LogP contribution in [-0.2, 0) is 6.54 Å². The number of carbonyl (C=O) groups excluding carboxylic acids is 1. The highest BCUT2D eigenvalue weighted by Crippen LogP contribution is 2.32. The molecule has 0 aliphatic rings. The predicted molar refractivity (Wildman–Crippen MR) is 83.2 cm³/mol. The van der Waals surface area contributed by atoms with E-state index in [4.69, 9.17) is 5.73 Å². The number of nitrogens with two attached hydrogens (primary N) is 1. The molecule has 0 fully saturated rings. The molecule has 6 nitrogen and oxygen atoms in total. The van der Waals surface area contributed by atoms with Gasteiger partial charge in [0.1, 0.15) is 4.88 Å². The third-order valence-electron chi connectivity index (χ3n) is 3.18. The van der Waals surface area contributed by atoms with Crippen LogP contribution in [0.1, 0.15) is 16.1 Å². The summed E-state index contributed by atoms with van der Waals surface area (Å²) in [5.41, 5.74) is 6.56. The van der Waals surface area contributed by atoms with Crippen LogP contribution in [0.15, 0.2) is 37.2 Å². The monoisotopic (exact) mass is 301 g/mol. The zero-order chi connectivity index (χ0) is 14.7. The van der Waals surface area contributed by atoms with Crippen LogP contribution in [0.2, 0.25) is 0 Å². The van der Waals surface area contributed by atoms with E-state index in [2.05, 4.69) is 15.3 Å². The van der Waals surface area contributed by atoms with Crippen molar-refractivity contribution in [2.45, 2.75) is 13.0 Å². The Morgan fingerprint density at radius 1 is 1.38 bits per heavy atom. The first kappa shape index (κ1) is 13.6. The molecule has 0 aliphatic heterocycles. The van der Waals surface area contributed by atoms with Gasteiger partial charge >= 0.3 is 0 Å². The van der Waals surface area contributed by atoms with E-state index in [1.807, 2.05) is 16.8 Å². The average Bonchev–Trinajstić information content (AvgIpc) is 3.12. The van der Waals surface area contributed by atoms with Gasteiger partial charge in [0.25, 0.3) is 5.91 Å². The molecule has 0 spiro atoms. The number of nitrogen functional groups attached to an aromatic ring is 1. The van der Waals surface area contributed by atoms with Gasteiger partial charge in [0.15, 0.2) is 0 Å². The molecule has 0 saturated carbocycles. The summed E-state index contributed by atoms with van der Waals surface area (Å²) in [6.07, 6.45) is 9.65. The molecule has 0 unspecified atom stereocenters. The fourth-order valence-corrected chi connectivity index (χ4v) is 3.11. The molecule has 0 atom stereocenters. The Bertz CT molecular complexity index is 750. The van der Waals surface area contributed by atoms with E-state index in [0.717, 1.165) is 23.1 Å². The van der Waals surface area contributed by atoms with Gasteiger partial charge in [0, 0.05) is 43.3 Å². The number of fused-ring (bicyclic) bond motifs is 1. The largest absolute Gasteiger partial charge is 0.397 e. The van der Waals surface area contributed by atoms with Gasteiger partial charge < -0.3 is 15.6 Å². The first-order valence-electron chi connectivity index (χ1n) is 6.61. The lowest BCUT2D eigenvalue weighted by molar-refractivity contribution is 0.0957. The molecule has 0 aliphatic carbocycles. The summed E-state index contributed by atoms with van der Waals surface area (Å²) in [7, 11) is 0. The number of imidazole rings is 1. The van der Waals surface area contributed by atoms with Gasteiger partial charge in [-0.1, -0.05) is 0 Å². The number of hydrogen-bond acceptors (Lipinski definition) is 5. The van der Waals surface area contributed by atoms with Crippen LogP contribution in [0, 0.1) is 0 Å². The van der Waals surface area contributed by atoms with E-state index in [-0.39, 0.29) is 5.91 Å².